The molecule has 0 aromatic heterocycles. The molecule has 14 heavy (non-hydrogen) atoms. The molecule has 1 unspecified atom stereocenters. The van der Waals surface area contributed by atoms with Crippen molar-refractivity contribution in [2.24, 2.45) is 5.73 Å². The topological polar surface area (TPSA) is 46.2 Å². The van der Waals surface area contributed by atoms with Crippen LogP contribution in [0.15, 0.2) is 24.3 Å². The van der Waals surface area contributed by atoms with E-state index in [-0.39, 0.29) is 5.56 Å². The monoisotopic (exact) mass is 201 g/mol. The molecule has 0 bridgehead atoms. The largest absolute Gasteiger partial charge is 0.391 e. The minimum Gasteiger partial charge on any atom is -0.391 e. The fourth-order valence-electron chi connectivity index (χ4n) is 1.27. The highest BCUT2D eigenvalue weighted by atomic mass is 19.3. The first-order valence-corrected chi connectivity index (χ1v) is 4.34. The zero-order valence-corrected chi connectivity index (χ0v) is 7.82. The predicted molar refractivity (Wildman–Crippen MR) is 50.0 cm³/mol. The Morgan fingerprint density at radius 2 is 1.71 bits per heavy atom. The molecule has 0 aliphatic heterocycles. The van der Waals surface area contributed by atoms with Crippen molar-refractivity contribution in [2.75, 3.05) is 0 Å². The third-order valence-corrected chi connectivity index (χ3v) is 2.11. The summed E-state index contributed by atoms with van der Waals surface area (Å²) in [6.07, 6.45) is -3.40. The molecule has 78 valence electrons. The van der Waals surface area contributed by atoms with E-state index in [9.17, 15) is 13.9 Å². The molecule has 0 radical (unpaired) electrons. The van der Waals surface area contributed by atoms with Crippen LogP contribution in [0.5, 0.6) is 0 Å². The van der Waals surface area contributed by atoms with Gasteiger partial charge in [0.1, 0.15) is 0 Å². The molecule has 0 aliphatic rings. The van der Waals surface area contributed by atoms with Gasteiger partial charge in [-0.05, 0) is 12.5 Å². The number of benzene rings is 1. The van der Waals surface area contributed by atoms with Crippen LogP contribution >= 0.6 is 0 Å². The van der Waals surface area contributed by atoms with Gasteiger partial charge in [0.15, 0.2) is 0 Å². The van der Waals surface area contributed by atoms with E-state index < -0.39 is 18.6 Å². The highest BCUT2D eigenvalue weighted by Crippen LogP contribution is 2.27. The Bertz CT molecular complexity index is 302. The summed E-state index contributed by atoms with van der Waals surface area (Å²) in [6.45, 7) is 1.48. The molecular weight excluding hydrogens is 188 g/mol. The van der Waals surface area contributed by atoms with Crippen molar-refractivity contribution < 1.29 is 13.9 Å². The number of aliphatic hydroxyl groups is 1. The van der Waals surface area contributed by atoms with E-state index in [0.717, 1.165) is 0 Å². The van der Waals surface area contributed by atoms with E-state index in [0.29, 0.717) is 5.56 Å². The molecule has 0 aliphatic carbocycles. The van der Waals surface area contributed by atoms with E-state index >= 15 is 0 Å². The van der Waals surface area contributed by atoms with Gasteiger partial charge >= 0.3 is 0 Å². The van der Waals surface area contributed by atoms with E-state index in [1.807, 2.05) is 0 Å². The molecule has 0 amide bonds. The fourth-order valence-corrected chi connectivity index (χ4v) is 1.27. The van der Waals surface area contributed by atoms with Crippen LogP contribution in [0.3, 0.4) is 0 Å². The smallest absolute Gasteiger partial charge is 0.264 e. The lowest BCUT2D eigenvalue weighted by molar-refractivity contribution is 0.141. The van der Waals surface area contributed by atoms with Crippen LogP contribution in [0.4, 0.5) is 8.78 Å². The Morgan fingerprint density at radius 3 is 2.14 bits per heavy atom. The fraction of sp³-hybridized carbons (Fsp3) is 0.400. The minimum absolute atomic E-state index is 0.110. The van der Waals surface area contributed by atoms with Gasteiger partial charge in [-0.1, -0.05) is 24.3 Å². The summed E-state index contributed by atoms with van der Waals surface area (Å²) in [5.41, 5.74) is 5.79. The molecule has 1 rings (SSSR count). The number of alkyl halides is 2. The molecule has 2 atom stereocenters. The average Bonchev–Trinajstić information content (AvgIpc) is 2.16. The van der Waals surface area contributed by atoms with E-state index in [1.165, 1.54) is 25.1 Å². The van der Waals surface area contributed by atoms with Crippen LogP contribution < -0.4 is 5.73 Å². The van der Waals surface area contributed by atoms with Crippen LogP contribution in [0.25, 0.3) is 0 Å². The summed E-state index contributed by atoms with van der Waals surface area (Å²) in [7, 11) is 0. The SMILES string of the molecule is CC(O)[C@@H](N)c1ccccc1C(F)F. The summed E-state index contributed by atoms with van der Waals surface area (Å²) in [5, 5.41) is 9.21. The maximum atomic E-state index is 12.5. The van der Waals surface area contributed by atoms with Crippen molar-refractivity contribution >= 4 is 0 Å². The Morgan fingerprint density at radius 1 is 1.21 bits per heavy atom. The number of nitrogens with two attached hydrogens (primary N) is 1. The van der Waals surface area contributed by atoms with Crippen molar-refractivity contribution in [3.05, 3.63) is 35.4 Å². The van der Waals surface area contributed by atoms with Gasteiger partial charge in [-0.3, -0.25) is 0 Å². The molecule has 0 saturated carbocycles. The molecule has 2 nitrogen and oxygen atoms in total. The van der Waals surface area contributed by atoms with Gasteiger partial charge in [0.05, 0.1) is 12.1 Å². The van der Waals surface area contributed by atoms with Crippen LogP contribution in [0.1, 0.15) is 30.5 Å². The summed E-state index contributed by atoms with van der Waals surface area (Å²) < 4.78 is 25.0. The zero-order valence-electron chi connectivity index (χ0n) is 7.82. The second-order valence-corrected chi connectivity index (χ2v) is 3.20. The highest BCUT2D eigenvalue weighted by Gasteiger charge is 2.19. The Kier molecular flexibility index (Phi) is 3.55. The first-order chi connectivity index (χ1) is 6.54. The average molecular weight is 201 g/mol. The lowest BCUT2D eigenvalue weighted by atomic mass is 9.98. The molecule has 1 aromatic carbocycles. The normalized spacial score (nSPS) is 15.6. The molecule has 0 fully saturated rings. The first-order valence-electron chi connectivity index (χ1n) is 4.34. The van der Waals surface area contributed by atoms with Crippen molar-refractivity contribution in [1.29, 1.82) is 0 Å². The molecule has 1 aromatic rings. The van der Waals surface area contributed by atoms with Gasteiger partial charge in [-0.15, -0.1) is 0 Å². The van der Waals surface area contributed by atoms with E-state index in [4.69, 9.17) is 5.73 Å². The van der Waals surface area contributed by atoms with Crippen LogP contribution in [-0.4, -0.2) is 11.2 Å². The minimum atomic E-state index is -2.56. The van der Waals surface area contributed by atoms with Gasteiger partial charge in [0.2, 0.25) is 0 Å². The summed E-state index contributed by atoms with van der Waals surface area (Å²) in [4.78, 5) is 0. The number of hydrogen-bond donors (Lipinski definition) is 2. The molecule has 0 heterocycles. The van der Waals surface area contributed by atoms with Crippen molar-refractivity contribution in [3.63, 3.8) is 0 Å². The molecule has 0 spiro atoms. The predicted octanol–water partition coefficient (Wildman–Crippen LogP) is 2.00. The second kappa shape index (κ2) is 4.48. The Labute approximate surface area is 81.4 Å². The highest BCUT2D eigenvalue weighted by molar-refractivity contribution is 5.31. The Balaban J connectivity index is 3.06. The van der Waals surface area contributed by atoms with Gasteiger partial charge in [-0.2, -0.15) is 0 Å². The summed E-state index contributed by atoms with van der Waals surface area (Å²) in [5.74, 6) is 0. The second-order valence-electron chi connectivity index (χ2n) is 3.20. The zero-order chi connectivity index (χ0) is 10.7. The summed E-state index contributed by atoms with van der Waals surface area (Å²) >= 11 is 0. The summed E-state index contributed by atoms with van der Waals surface area (Å²) in [6, 6.07) is 5.23. The standard InChI is InChI=1S/C10H13F2NO/c1-6(14)9(13)7-4-2-3-5-8(7)10(11)12/h2-6,9-10,14H,13H2,1H3/t6?,9-/m1/s1. The first kappa shape index (κ1) is 11.1. The molecule has 0 saturated heterocycles. The van der Waals surface area contributed by atoms with Crippen LogP contribution in [0.2, 0.25) is 0 Å². The lowest BCUT2D eigenvalue weighted by Crippen LogP contribution is -2.24. The van der Waals surface area contributed by atoms with Crippen molar-refractivity contribution in [1.82, 2.24) is 0 Å². The number of halogens is 2. The van der Waals surface area contributed by atoms with Crippen molar-refractivity contribution in [3.8, 4) is 0 Å². The maximum absolute atomic E-state index is 12.5. The Hall–Kier alpha value is -1.00. The molecule has 3 N–H and O–H groups in total. The number of hydrogen-bond acceptors (Lipinski definition) is 2. The molecule has 4 heteroatoms. The lowest BCUT2D eigenvalue weighted by Gasteiger charge is -2.18. The van der Waals surface area contributed by atoms with E-state index in [2.05, 4.69) is 0 Å². The van der Waals surface area contributed by atoms with Crippen molar-refractivity contribution in [2.45, 2.75) is 25.5 Å². The van der Waals surface area contributed by atoms with Gasteiger partial charge < -0.3 is 10.8 Å². The van der Waals surface area contributed by atoms with Crippen LogP contribution in [0, 0.1) is 0 Å². The maximum Gasteiger partial charge on any atom is 0.264 e. The quantitative estimate of drug-likeness (QED) is 0.785. The van der Waals surface area contributed by atoms with E-state index in [1.54, 1.807) is 6.07 Å². The van der Waals surface area contributed by atoms with Crippen LogP contribution in [-0.2, 0) is 0 Å². The third kappa shape index (κ3) is 2.27. The third-order valence-electron chi connectivity index (χ3n) is 2.11. The number of aliphatic hydroxyl groups excluding tert-OH is 1. The molecular formula is C10H13F2NO. The van der Waals surface area contributed by atoms with Gasteiger partial charge in [-0.25, -0.2) is 8.78 Å². The van der Waals surface area contributed by atoms with Gasteiger partial charge in [0.25, 0.3) is 6.43 Å². The number of rotatable bonds is 3. The van der Waals surface area contributed by atoms with Gasteiger partial charge in [0, 0.05) is 5.56 Å².